The summed E-state index contributed by atoms with van der Waals surface area (Å²) < 4.78 is 4.93. The first-order valence-electron chi connectivity index (χ1n) is 7.83. The van der Waals surface area contributed by atoms with Crippen molar-refractivity contribution in [2.75, 3.05) is 7.11 Å². The fourth-order valence-electron chi connectivity index (χ4n) is 2.67. The minimum Gasteiger partial charge on any atom is -0.506 e. The van der Waals surface area contributed by atoms with Crippen molar-refractivity contribution in [3.05, 3.63) is 53.2 Å². The van der Waals surface area contributed by atoms with Gasteiger partial charge in [-0.15, -0.1) is 0 Å². The molecule has 1 aromatic heterocycles. The number of aromatic nitrogens is 1. The second-order valence-electron chi connectivity index (χ2n) is 5.71. The number of hydrogen-bond donors (Lipinski definition) is 3. The maximum atomic E-state index is 11.7. The number of benzene rings is 2. The Morgan fingerprint density at radius 1 is 1.00 bits per heavy atom. The Balaban J connectivity index is 2.02. The van der Waals surface area contributed by atoms with E-state index in [0.717, 1.165) is 0 Å². The number of carbonyl (C=O) groups is 1. The second-order valence-corrected chi connectivity index (χ2v) is 5.71. The van der Waals surface area contributed by atoms with Crippen molar-refractivity contribution in [3.8, 4) is 23.0 Å². The van der Waals surface area contributed by atoms with Gasteiger partial charge in [-0.2, -0.15) is 0 Å². The number of phenols is 3. The number of aromatic hydroxyl groups is 3. The molecule has 2 aromatic carbocycles. The number of pyridine rings is 1. The summed E-state index contributed by atoms with van der Waals surface area (Å²) in [6.07, 6.45) is 3.20. The normalized spacial score (nSPS) is 11.2. The second kappa shape index (κ2) is 6.76. The first-order valence-corrected chi connectivity index (χ1v) is 7.83. The quantitative estimate of drug-likeness (QED) is 0.489. The molecule has 132 valence electrons. The molecule has 6 heteroatoms. The van der Waals surface area contributed by atoms with Crippen LogP contribution in [0.5, 0.6) is 23.0 Å². The zero-order chi connectivity index (χ0) is 18.8. The van der Waals surface area contributed by atoms with Gasteiger partial charge in [-0.25, -0.2) is 4.98 Å². The summed E-state index contributed by atoms with van der Waals surface area (Å²) in [6.45, 7) is 1.46. The Bertz CT molecular complexity index is 1040. The molecular formula is C20H17NO5. The smallest absolute Gasteiger partial charge is 0.201 e. The average molecular weight is 351 g/mol. The number of ketones is 1. The molecule has 0 atom stereocenters. The van der Waals surface area contributed by atoms with Crippen LogP contribution in [0.25, 0.3) is 23.1 Å². The van der Waals surface area contributed by atoms with Gasteiger partial charge in [0.15, 0.2) is 17.3 Å². The van der Waals surface area contributed by atoms with Gasteiger partial charge in [0.2, 0.25) is 5.75 Å². The van der Waals surface area contributed by atoms with Crippen molar-refractivity contribution >= 4 is 28.8 Å². The highest BCUT2D eigenvalue weighted by atomic mass is 16.5. The SMILES string of the molecule is COc1ccc(C=Cc2ccc3c(C(C)=O)ccc(O)c3n2)c(O)c1O. The monoisotopic (exact) mass is 351 g/mol. The van der Waals surface area contributed by atoms with Gasteiger partial charge in [0.1, 0.15) is 11.3 Å². The van der Waals surface area contributed by atoms with Gasteiger partial charge >= 0.3 is 0 Å². The minimum absolute atomic E-state index is 0.0230. The van der Waals surface area contributed by atoms with E-state index in [1.807, 2.05) is 0 Å². The van der Waals surface area contributed by atoms with Crippen LogP contribution in [0.1, 0.15) is 28.5 Å². The first kappa shape index (κ1) is 17.3. The molecule has 0 saturated carbocycles. The zero-order valence-corrected chi connectivity index (χ0v) is 14.2. The molecular weight excluding hydrogens is 334 g/mol. The summed E-state index contributed by atoms with van der Waals surface area (Å²) in [7, 11) is 1.39. The Labute approximate surface area is 149 Å². The predicted molar refractivity (Wildman–Crippen MR) is 98.7 cm³/mol. The van der Waals surface area contributed by atoms with Gasteiger partial charge in [0, 0.05) is 16.5 Å². The Morgan fingerprint density at radius 2 is 1.77 bits per heavy atom. The van der Waals surface area contributed by atoms with Crippen molar-refractivity contribution in [3.63, 3.8) is 0 Å². The molecule has 3 N–H and O–H groups in total. The van der Waals surface area contributed by atoms with Crippen molar-refractivity contribution in [1.29, 1.82) is 0 Å². The maximum Gasteiger partial charge on any atom is 0.201 e. The van der Waals surface area contributed by atoms with E-state index in [1.165, 1.54) is 26.2 Å². The van der Waals surface area contributed by atoms with Crippen LogP contribution < -0.4 is 4.74 Å². The van der Waals surface area contributed by atoms with Gasteiger partial charge in [0.05, 0.1) is 12.8 Å². The minimum atomic E-state index is -0.343. The van der Waals surface area contributed by atoms with Gasteiger partial charge < -0.3 is 20.1 Å². The third-order valence-electron chi connectivity index (χ3n) is 4.04. The Hall–Kier alpha value is -3.54. The highest BCUT2D eigenvalue weighted by Crippen LogP contribution is 2.38. The topological polar surface area (TPSA) is 99.9 Å². The van der Waals surface area contributed by atoms with Gasteiger partial charge in [-0.05, 0) is 55.5 Å². The number of fused-ring (bicyclic) bond motifs is 1. The molecule has 0 bridgehead atoms. The van der Waals surface area contributed by atoms with Crippen LogP contribution in [-0.2, 0) is 0 Å². The number of nitrogens with zero attached hydrogens (tertiary/aromatic N) is 1. The van der Waals surface area contributed by atoms with Crippen molar-refractivity contribution < 1.29 is 24.9 Å². The standard InChI is InChI=1S/C20H17NO5/c1-11(22)14-8-9-16(23)18-15(14)7-6-13(21-18)5-3-12-4-10-17(26-2)20(25)19(12)24/h3-10,23-25H,1-2H3. The molecule has 0 unspecified atom stereocenters. The van der Waals surface area contributed by atoms with E-state index in [0.29, 0.717) is 27.7 Å². The Morgan fingerprint density at radius 3 is 2.46 bits per heavy atom. The molecule has 0 aliphatic carbocycles. The summed E-state index contributed by atoms with van der Waals surface area (Å²) in [4.78, 5) is 16.1. The predicted octanol–water partition coefficient (Wildman–Crippen LogP) is 3.73. The van der Waals surface area contributed by atoms with Crippen molar-refractivity contribution in [2.45, 2.75) is 6.92 Å². The summed E-state index contributed by atoms with van der Waals surface area (Å²) in [5.74, 6) is -0.609. The Kier molecular flexibility index (Phi) is 4.49. The van der Waals surface area contributed by atoms with Crippen LogP contribution in [-0.4, -0.2) is 33.2 Å². The number of methoxy groups -OCH3 is 1. The number of hydrogen-bond acceptors (Lipinski definition) is 6. The van der Waals surface area contributed by atoms with Crippen LogP contribution in [0, 0.1) is 0 Å². The molecule has 1 heterocycles. The van der Waals surface area contributed by atoms with Crippen LogP contribution in [0.2, 0.25) is 0 Å². The number of phenolic OH excluding ortho intramolecular Hbond substituents is 3. The van der Waals surface area contributed by atoms with Crippen LogP contribution >= 0.6 is 0 Å². The third-order valence-corrected chi connectivity index (χ3v) is 4.04. The van der Waals surface area contributed by atoms with E-state index < -0.39 is 0 Å². The van der Waals surface area contributed by atoms with E-state index in [1.54, 1.807) is 36.4 Å². The molecule has 0 aliphatic heterocycles. The van der Waals surface area contributed by atoms with E-state index >= 15 is 0 Å². The van der Waals surface area contributed by atoms with Gasteiger partial charge in [-0.3, -0.25) is 4.79 Å². The third kappa shape index (κ3) is 3.04. The van der Waals surface area contributed by atoms with Gasteiger partial charge in [-0.1, -0.05) is 0 Å². The lowest BCUT2D eigenvalue weighted by Gasteiger charge is -2.07. The molecule has 0 radical (unpaired) electrons. The molecule has 6 nitrogen and oxygen atoms in total. The van der Waals surface area contributed by atoms with Crippen molar-refractivity contribution in [1.82, 2.24) is 4.98 Å². The molecule has 0 aliphatic rings. The van der Waals surface area contributed by atoms with E-state index in [-0.39, 0.29) is 28.8 Å². The largest absolute Gasteiger partial charge is 0.506 e. The molecule has 0 spiro atoms. The summed E-state index contributed by atoms with van der Waals surface area (Å²) in [6, 6.07) is 9.54. The number of rotatable bonds is 4. The fourth-order valence-corrected chi connectivity index (χ4v) is 2.67. The van der Waals surface area contributed by atoms with E-state index in [4.69, 9.17) is 4.74 Å². The average Bonchev–Trinajstić information content (AvgIpc) is 2.63. The molecule has 3 rings (SSSR count). The van der Waals surface area contributed by atoms with Gasteiger partial charge in [0.25, 0.3) is 0 Å². The van der Waals surface area contributed by atoms with Crippen LogP contribution in [0.15, 0.2) is 36.4 Å². The zero-order valence-electron chi connectivity index (χ0n) is 14.2. The fraction of sp³-hybridized carbons (Fsp3) is 0.100. The lowest BCUT2D eigenvalue weighted by atomic mass is 10.0. The first-order chi connectivity index (χ1) is 12.4. The summed E-state index contributed by atoms with van der Waals surface area (Å²) in [5.41, 5.74) is 1.70. The number of ether oxygens (including phenoxy) is 1. The highest BCUT2D eigenvalue weighted by molar-refractivity contribution is 6.07. The van der Waals surface area contributed by atoms with E-state index in [9.17, 15) is 20.1 Å². The molecule has 26 heavy (non-hydrogen) atoms. The molecule has 0 saturated heterocycles. The lowest BCUT2D eigenvalue weighted by molar-refractivity contribution is 0.101. The summed E-state index contributed by atoms with van der Waals surface area (Å²) >= 11 is 0. The molecule has 3 aromatic rings. The molecule has 0 amide bonds. The van der Waals surface area contributed by atoms with Crippen molar-refractivity contribution in [2.24, 2.45) is 0 Å². The maximum absolute atomic E-state index is 11.7. The summed E-state index contributed by atoms with van der Waals surface area (Å²) in [5, 5.41) is 30.5. The molecule has 0 fully saturated rings. The van der Waals surface area contributed by atoms with E-state index in [2.05, 4.69) is 4.98 Å². The van der Waals surface area contributed by atoms with Crippen LogP contribution in [0.3, 0.4) is 0 Å². The number of Topliss-reactive ketones (excluding diaryl/α,β-unsaturated/α-hetero) is 1. The number of carbonyl (C=O) groups excluding carboxylic acids is 1. The lowest BCUT2D eigenvalue weighted by Crippen LogP contribution is -1.95. The van der Waals surface area contributed by atoms with Crippen LogP contribution in [0.4, 0.5) is 0 Å². The highest BCUT2D eigenvalue weighted by Gasteiger charge is 2.12.